The van der Waals surface area contributed by atoms with Gasteiger partial charge in [0.15, 0.2) is 23.0 Å². The highest BCUT2D eigenvalue weighted by molar-refractivity contribution is 5.98. The van der Waals surface area contributed by atoms with E-state index in [4.69, 9.17) is 28.4 Å². The largest absolute Gasteiger partial charge is 0.493 e. The third kappa shape index (κ3) is 6.35. The van der Waals surface area contributed by atoms with Crippen molar-refractivity contribution < 1.29 is 42.8 Å². The number of amides is 1. The molecular formula is C23H32N2O9. The van der Waals surface area contributed by atoms with Crippen LogP contribution in [0.3, 0.4) is 0 Å². The molecule has 188 valence electrons. The van der Waals surface area contributed by atoms with Gasteiger partial charge in [-0.25, -0.2) is 9.78 Å². The summed E-state index contributed by atoms with van der Waals surface area (Å²) in [5, 5.41) is 2.70. The molecule has 3 heterocycles. The number of methoxy groups -OCH3 is 1. The maximum atomic E-state index is 13.1. The zero-order valence-corrected chi connectivity index (χ0v) is 20.1. The Kier molecular flexibility index (Phi) is 8.32. The molecule has 0 bridgehead atoms. The summed E-state index contributed by atoms with van der Waals surface area (Å²) in [6.45, 7) is 6.22. The normalized spacial score (nSPS) is 26.6. The lowest BCUT2D eigenvalue weighted by Gasteiger charge is -2.27. The van der Waals surface area contributed by atoms with Crippen molar-refractivity contribution in [3.8, 4) is 11.5 Å². The first-order valence-electron chi connectivity index (χ1n) is 11.3. The maximum Gasteiger partial charge on any atom is 0.329 e. The molecule has 1 N–H and O–H groups in total. The Morgan fingerprint density at radius 3 is 2.68 bits per heavy atom. The number of aromatic nitrogens is 1. The lowest BCUT2D eigenvalue weighted by Crippen LogP contribution is -2.46. The molecule has 0 radical (unpaired) electrons. The Balaban J connectivity index is 1.74. The van der Waals surface area contributed by atoms with Crippen LogP contribution in [0.25, 0.3) is 0 Å². The molecule has 11 nitrogen and oxygen atoms in total. The molecule has 3 rings (SSSR count). The van der Waals surface area contributed by atoms with E-state index in [1.165, 1.54) is 26.3 Å². The standard InChI is InChI=1S/C23H32N2O9/c1-13-19-17(33-23(3,4)34-19)9-7-6-8-15(22(28)32-13)25-21(27)18-20(31-12-30-14(2)26)16(29-5)10-11-24-18/h10-11,13,15,17,19H,6-9,12H2,1-5H3,(H,25,27)/t13-,15-,17-,19-/m0/s1. The van der Waals surface area contributed by atoms with E-state index in [9.17, 15) is 14.4 Å². The minimum absolute atomic E-state index is 0.00747. The molecule has 2 aliphatic rings. The van der Waals surface area contributed by atoms with Gasteiger partial charge in [-0.3, -0.25) is 9.59 Å². The number of carbonyl (C=O) groups is 3. The molecule has 2 aliphatic heterocycles. The van der Waals surface area contributed by atoms with Gasteiger partial charge in [0.05, 0.1) is 13.2 Å². The molecule has 2 saturated heterocycles. The summed E-state index contributed by atoms with van der Waals surface area (Å²) in [4.78, 5) is 41.2. The van der Waals surface area contributed by atoms with E-state index in [-0.39, 0.29) is 23.3 Å². The van der Waals surface area contributed by atoms with E-state index < -0.39 is 48.7 Å². The number of hydrogen-bond acceptors (Lipinski definition) is 10. The first kappa shape index (κ1) is 25.7. The van der Waals surface area contributed by atoms with Gasteiger partial charge in [0.1, 0.15) is 18.2 Å². The molecule has 1 aromatic rings. The Morgan fingerprint density at radius 2 is 1.97 bits per heavy atom. The summed E-state index contributed by atoms with van der Waals surface area (Å²) in [7, 11) is 1.40. The lowest BCUT2D eigenvalue weighted by molar-refractivity contribution is -0.170. The van der Waals surface area contributed by atoms with Gasteiger partial charge in [-0.15, -0.1) is 0 Å². The third-order valence-electron chi connectivity index (χ3n) is 5.58. The fourth-order valence-electron chi connectivity index (χ4n) is 4.05. The van der Waals surface area contributed by atoms with Gasteiger partial charge in [-0.2, -0.15) is 0 Å². The quantitative estimate of drug-likeness (QED) is 0.477. The van der Waals surface area contributed by atoms with E-state index in [2.05, 4.69) is 10.3 Å². The van der Waals surface area contributed by atoms with E-state index in [0.717, 1.165) is 12.8 Å². The topological polar surface area (TPSA) is 132 Å². The predicted octanol–water partition coefficient (Wildman–Crippen LogP) is 2.11. The zero-order valence-electron chi connectivity index (χ0n) is 20.1. The molecule has 11 heteroatoms. The number of ether oxygens (including phenoxy) is 6. The van der Waals surface area contributed by atoms with Crippen molar-refractivity contribution in [3.63, 3.8) is 0 Å². The fourth-order valence-corrected chi connectivity index (χ4v) is 4.05. The first-order chi connectivity index (χ1) is 16.1. The van der Waals surface area contributed by atoms with Crippen molar-refractivity contribution >= 4 is 17.8 Å². The van der Waals surface area contributed by atoms with Crippen molar-refractivity contribution in [2.24, 2.45) is 0 Å². The Hall–Kier alpha value is -2.92. The molecule has 0 saturated carbocycles. The lowest BCUT2D eigenvalue weighted by atomic mass is 9.99. The van der Waals surface area contributed by atoms with Crippen LogP contribution in [0, 0.1) is 0 Å². The van der Waals surface area contributed by atoms with Crippen molar-refractivity contribution in [2.75, 3.05) is 13.9 Å². The number of esters is 2. The highest BCUT2D eigenvalue weighted by Crippen LogP contribution is 2.34. The third-order valence-corrected chi connectivity index (χ3v) is 5.58. The van der Waals surface area contributed by atoms with Gasteiger partial charge in [0.2, 0.25) is 6.79 Å². The van der Waals surface area contributed by atoms with Gasteiger partial charge in [0, 0.05) is 19.2 Å². The van der Waals surface area contributed by atoms with Crippen LogP contribution >= 0.6 is 0 Å². The van der Waals surface area contributed by atoms with Gasteiger partial charge in [-0.05, 0) is 33.6 Å². The van der Waals surface area contributed by atoms with E-state index in [0.29, 0.717) is 12.8 Å². The number of fused-ring (bicyclic) bond motifs is 1. The van der Waals surface area contributed by atoms with Gasteiger partial charge in [-0.1, -0.05) is 12.8 Å². The second-order valence-electron chi connectivity index (χ2n) is 8.68. The monoisotopic (exact) mass is 480 g/mol. The number of cyclic esters (lactones) is 1. The Labute approximate surface area is 198 Å². The molecule has 2 fully saturated rings. The van der Waals surface area contributed by atoms with Crippen LogP contribution < -0.4 is 14.8 Å². The summed E-state index contributed by atoms with van der Waals surface area (Å²) in [6, 6.07) is 0.608. The summed E-state index contributed by atoms with van der Waals surface area (Å²) in [6.07, 6.45) is 2.85. The number of nitrogens with one attached hydrogen (secondary N) is 1. The fraction of sp³-hybridized carbons (Fsp3) is 0.652. The summed E-state index contributed by atoms with van der Waals surface area (Å²) >= 11 is 0. The summed E-state index contributed by atoms with van der Waals surface area (Å²) in [5.41, 5.74) is -0.112. The number of nitrogens with zero attached hydrogens (tertiary/aromatic N) is 1. The SMILES string of the molecule is COc1ccnc(C(=O)N[C@H]2CCCC[C@@H]3OC(C)(C)O[C@H]3[C@H](C)OC2=O)c1OCOC(C)=O. The van der Waals surface area contributed by atoms with Gasteiger partial charge in [0.25, 0.3) is 5.91 Å². The van der Waals surface area contributed by atoms with Crippen molar-refractivity contribution in [1.29, 1.82) is 0 Å². The highest BCUT2D eigenvalue weighted by atomic mass is 16.8. The van der Waals surface area contributed by atoms with Gasteiger partial charge < -0.3 is 33.7 Å². The van der Waals surface area contributed by atoms with Crippen LogP contribution in [0.2, 0.25) is 0 Å². The van der Waals surface area contributed by atoms with E-state index in [1.54, 1.807) is 6.92 Å². The van der Waals surface area contributed by atoms with Crippen LogP contribution in [0.4, 0.5) is 0 Å². The molecule has 1 aromatic heterocycles. The average molecular weight is 481 g/mol. The van der Waals surface area contributed by atoms with Crippen LogP contribution in [-0.4, -0.2) is 66.9 Å². The molecule has 0 spiro atoms. The minimum atomic E-state index is -0.892. The zero-order chi connectivity index (χ0) is 24.9. The predicted molar refractivity (Wildman–Crippen MR) is 117 cm³/mol. The van der Waals surface area contributed by atoms with E-state index in [1.807, 2.05) is 13.8 Å². The van der Waals surface area contributed by atoms with Crippen molar-refractivity contribution in [2.45, 2.75) is 83.5 Å². The minimum Gasteiger partial charge on any atom is -0.493 e. The number of rotatable bonds is 6. The molecule has 1 amide bonds. The summed E-state index contributed by atoms with van der Waals surface area (Å²) in [5.74, 6) is -2.30. The second kappa shape index (κ2) is 11.0. The van der Waals surface area contributed by atoms with Crippen molar-refractivity contribution in [3.05, 3.63) is 18.0 Å². The summed E-state index contributed by atoms with van der Waals surface area (Å²) < 4.78 is 33.1. The van der Waals surface area contributed by atoms with Crippen LogP contribution in [0.1, 0.15) is 63.9 Å². The molecule has 0 aliphatic carbocycles. The number of hydrogen-bond donors (Lipinski definition) is 1. The molecule has 0 unspecified atom stereocenters. The van der Waals surface area contributed by atoms with Crippen LogP contribution in [0.5, 0.6) is 11.5 Å². The molecule has 34 heavy (non-hydrogen) atoms. The first-order valence-corrected chi connectivity index (χ1v) is 11.3. The molecule has 0 aromatic carbocycles. The Morgan fingerprint density at radius 1 is 1.24 bits per heavy atom. The van der Waals surface area contributed by atoms with Crippen LogP contribution in [-0.2, 0) is 28.5 Å². The average Bonchev–Trinajstić information content (AvgIpc) is 3.09. The molecule has 4 atom stereocenters. The van der Waals surface area contributed by atoms with Crippen LogP contribution in [0.15, 0.2) is 12.3 Å². The number of pyridine rings is 1. The number of carbonyl (C=O) groups excluding carboxylic acids is 3. The Bertz CT molecular complexity index is 904. The second-order valence-corrected chi connectivity index (χ2v) is 8.68. The highest BCUT2D eigenvalue weighted by Gasteiger charge is 2.45. The smallest absolute Gasteiger partial charge is 0.329 e. The van der Waals surface area contributed by atoms with E-state index >= 15 is 0 Å². The van der Waals surface area contributed by atoms with Gasteiger partial charge >= 0.3 is 11.9 Å². The maximum absolute atomic E-state index is 13.1. The van der Waals surface area contributed by atoms with Crippen molar-refractivity contribution in [1.82, 2.24) is 10.3 Å². The molecular weight excluding hydrogens is 448 g/mol.